The van der Waals surface area contributed by atoms with Gasteiger partial charge in [0.25, 0.3) is 5.91 Å². The van der Waals surface area contributed by atoms with Crippen molar-refractivity contribution in [2.45, 2.75) is 45.1 Å². The highest BCUT2D eigenvalue weighted by atomic mass is 32.1. The number of thiophene rings is 1. The third-order valence-electron chi connectivity index (χ3n) is 3.86. The Morgan fingerprint density at radius 2 is 2.24 bits per heavy atom. The molecule has 0 saturated carbocycles. The van der Waals surface area contributed by atoms with E-state index in [4.69, 9.17) is 9.47 Å². The Kier molecular flexibility index (Phi) is 4.26. The molecule has 2 aliphatic rings. The van der Waals surface area contributed by atoms with Crippen molar-refractivity contribution in [3.05, 3.63) is 16.0 Å². The molecule has 1 N–H and O–H groups in total. The topological polar surface area (TPSA) is 64.6 Å². The standard InChI is InChI=1S/C15H19NO4S/c1-2-19-15(18)12-9-5-3-7-11(9)21-14(12)16-13(17)10-6-4-8-20-10/h10H,2-8H2,1H3,(H,16,17)/t10-/m0/s1. The second-order valence-corrected chi connectivity index (χ2v) is 6.38. The number of carbonyl (C=O) groups excluding carboxylic acids is 2. The van der Waals surface area contributed by atoms with E-state index in [-0.39, 0.29) is 11.9 Å². The molecule has 0 radical (unpaired) electrons. The maximum atomic E-state index is 12.2. The van der Waals surface area contributed by atoms with Crippen molar-refractivity contribution in [1.29, 1.82) is 0 Å². The largest absolute Gasteiger partial charge is 0.462 e. The summed E-state index contributed by atoms with van der Waals surface area (Å²) >= 11 is 1.50. The van der Waals surface area contributed by atoms with Crippen molar-refractivity contribution < 1.29 is 19.1 Å². The van der Waals surface area contributed by atoms with Gasteiger partial charge in [0.2, 0.25) is 0 Å². The van der Waals surface area contributed by atoms with Gasteiger partial charge in [0.05, 0.1) is 12.2 Å². The highest BCUT2D eigenvalue weighted by Crippen LogP contribution is 2.39. The Morgan fingerprint density at radius 3 is 2.95 bits per heavy atom. The molecular weight excluding hydrogens is 290 g/mol. The first-order chi connectivity index (χ1) is 10.2. The van der Waals surface area contributed by atoms with Gasteiger partial charge in [-0.2, -0.15) is 0 Å². The lowest BCUT2D eigenvalue weighted by Crippen LogP contribution is -2.27. The summed E-state index contributed by atoms with van der Waals surface area (Å²) in [6, 6.07) is 0. The van der Waals surface area contributed by atoms with E-state index in [1.165, 1.54) is 16.2 Å². The number of anilines is 1. The third-order valence-corrected chi connectivity index (χ3v) is 5.07. The number of amides is 1. The molecule has 0 spiro atoms. The number of esters is 1. The van der Waals surface area contributed by atoms with Crippen molar-refractivity contribution in [2.24, 2.45) is 0 Å². The molecule has 0 unspecified atom stereocenters. The van der Waals surface area contributed by atoms with Crippen LogP contribution in [-0.2, 0) is 27.1 Å². The van der Waals surface area contributed by atoms with E-state index in [9.17, 15) is 9.59 Å². The van der Waals surface area contributed by atoms with Crippen LogP contribution in [0.1, 0.15) is 47.0 Å². The molecule has 1 aromatic heterocycles. The van der Waals surface area contributed by atoms with Gasteiger partial charge in [-0.05, 0) is 44.6 Å². The molecule has 0 aromatic carbocycles. The fraction of sp³-hybridized carbons (Fsp3) is 0.600. The van der Waals surface area contributed by atoms with E-state index < -0.39 is 6.10 Å². The maximum absolute atomic E-state index is 12.2. The number of aryl methyl sites for hydroxylation is 1. The average molecular weight is 309 g/mol. The summed E-state index contributed by atoms with van der Waals surface area (Å²) in [4.78, 5) is 25.6. The molecule has 1 aliphatic carbocycles. The quantitative estimate of drug-likeness (QED) is 0.868. The van der Waals surface area contributed by atoms with Crippen LogP contribution in [0.25, 0.3) is 0 Å². The molecule has 114 valence electrons. The Hall–Kier alpha value is -1.40. The zero-order chi connectivity index (χ0) is 14.8. The van der Waals surface area contributed by atoms with Crippen molar-refractivity contribution in [3.63, 3.8) is 0 Å². The second-order valence-electron chi connectivity index (χ2n) is 5.27. The number of rotatable bonds is 4. The molecule has 6 heteroatoms. The lowest BCUT2D eigenvalue weighted by molar-refractivity contribution is -0.124. The highest BCUT2D eigenvalue weighted by molar-refractivity contribution is 7.17. The monoisotopic (exact) mass is 309 g/mol. The molecule has 21 heavy (non-hydrogen) atoms. The van der Waals surface area contributed by atoms with E-state index >= 15 is 0 Å². The Balaban J connectivity index is 1.84. The molecule has 1 atom stereocenters. The Labute approximate surface area is 127 Å². The molecule has 3 rings (SSSR count). The van der Waals surface area contributed by atoms with Gasteiger partial charge in [-0.25, -0.2) is 4.79 Å². The van der Waals surface area contributed by atoms with Gasteiger partial charge in [0.15, 0.2) is 0 Å². The van der Waals surface area contributed by atoms with E-state index in [0.29, 0.717) is 23.8 Å². The molecule has 1 saturated heterocycles. The van der Waals surface area contributed by atoms with Gasteiger partial charge in [0.1, 0.15) is 11.1 Å². The number of carbonyl (C=O) groups is 2. The highest BCUT2D eigenvalue weighted by Gasteiger charge is 2.30. The maximum Gasteiger partial charge on any atom is 0.341 e. The Bertz CT molecular complexity index is 560. The zero-order valence-electron chi connectivity index (χ0n) is 12.1. The predicted octanol–water partition coefficient (Wildman–Crippen LogP) is 2.53. The summed E-state index contributed by atoms with van der Waals surface area (Å²) < 4.78 is 10.5. The number of fused-ring (bicyclic) bond motifs is 1. The van der Waals surface area contributed by atoms with E-state index in [0.717, 1.165) is 37.7 Å². The van der Waals surface area contributed by atoms with Crippen LogP contribution in [0.3, 0.4) is 0 Å². The van der Waals surface area contributed by atoms with Crippen molar-refractivity contribution in [3.8, 4) is 0 Å². The molecule has 1 amide bonds. The first kappa shape index (κ1) is 14.5. The van der Waals surface area contributed by atoms with Gasteiger partial charge in [-0.3, -0.25) is 4.79 Å². The number of hydrogen-bond donors (Lipinski definition) is 1. The van der Waals surface area contributed by atoms with Crippen LogP contribution in [0.15, 0.2) is 0 Å². The SMILES string of the molecule is CCOC(=O)c1c(NC(=O)[C@@H]2CCCO2)sc2c1CCC2. The fourth-order valence-corrected chi connectivity index (χ4v) is 4.17. The van der Waals surface area contributed by atoms with Crippen LogP contribution in [0, 0.1) is 0 Å². The van der Waals surface area contributed by atoms with Gasteiger partial charge in [-0.15, -0.1) is 11.3 Å². The van der Waals surface area contributed by atoms with Crippen molar-refractivity contribution in [2.75, 3.05) is 18.5 Å². The minimum absolute atomic E-state index is 0.155. The normalized spacial score (nSPS) is 20.3. The van der Waals surface area contributed by atoms with Crippen LogP contribution >= 0.6 is 11.3 Å². The van der Waals surface area contributed by atoms with Gasteiger partial charge >= 0.3 is 5.97 Å². The zero-order valence-corrected chi connectivity index (χ0v) is 12.9. The molecule has 1 aromatic rings. The molecular formula is C15H19NO4S. The first-order valence-corrected chi connectivity index (χ1v) is 8.26. The molecule has 1 aliphatic heterocycles. The molecule has 1 fully saturated rings. The smallest absolute Gasteiger partial charge is 0.341 e. The molecule has 0 bridgehead atoms. The van der Waals surface area contributed by atoms with E-state index in [2.05, 4.69) is 5.32 Å². The van der Waals surface area contributed by atoms with Gasteiger partial charge < -0.3 is 14.8 Å². The first-order valence-electron chi connectivity index (χ1n) is 7.44. The molecule has 5 nitrogen and oxygen atoms in total. The van der Waals surface area contributed by atoms with Crippen LogP contribution in [0.4, 0.5) is 5.00 Å². The summed E-state index contributed by atoms with van der Waals surface area (Å²) in [7, 11) is 0. The summed E-state index contributed by atoms with van der Waals surface area (Å²) in [6.45, 7) is 2.75. The van der Waals surface area contributed by atoms with Gasteiger partial charge in [-0.1, -0.05) is 0 Å². The lowest BCUT2D eigenvalue weighted by Gasteiger charge is -2.11. The van der Waals surface area contributed by atoms with Gasteiger partial charge in [0, 0.05) is 11.5 Å². The van der Waals surface area contributed by atoms with Crippen LogP contribution in [0.5, 0.6) is 0 Å². The molecule has 2 heterocycles. The van der Waals surface area contributed by atoms with E-state index in [1.54, 1.807) is 6.92 Å². The number of hydrogen-bond acceptors (Lipinski definition) is 5. The lowest BCUT2D eigenvalue weighted by atomic mass is 10.1. The summed E-state index contributed by atoms with van der Waals surface area (Å²) in [6.07, 6.45) is 4.18. The van der Waals surface area contributed by atoms with Crippen LogP contribution < -0.4 is 5.32 Å². The average Bonchev–Trinajstić information content (AvgIpc) is 3.14. The van der Waals surface area contributed by atoms with Crippen molar-refractivity contribution in [1.82, 2.24) is 0 Å². The second kappa shape index (κ2) is 6.15. The Morgan fingerprint density at radius 1 is 1.38 bits per heavy atom. The summed E-state index contributed by atoms with van der Waals surface area (Å²) in [5, 5.41) is 3.50. The predicted molar refractivity (Wildman–Crippen MR) is 79.9 cm³/mol. The minimum atomic E-state index is -0.392. The fourth-order valence-electron chi connectivity index (χ4n) is 2.89. The van der Waals surface area contributed by atoms with Crippen LogP contribution in [-0.4, -0.2) is 31.2 Å². The minimum Gasteiger partial charge on any atom is -0.462 e. The summed E-state index contributed by atoms with van der Waals surface area (Å²) in [5.74, 6) is -0.488. The van der Waals surface area contributed by atoms with Crippen molar-refractivity contribution >= 4 is 28.2 Å². The number of ether oxygens (including phenoxy) is 2. The summed E-state index contributed by atoms with van der Waals surface area (Å²) in [5.41, 5.74) is 1.61. The van der Waals surface area contributed by atoms with Crippen LogP contribution in [0.2, 0.25) is 0 Å². The van der Waals surface area contributed by atoms with E-state index in [1.807, 2.05) is 0 Å². The number of nitrogens with one attached hydrogen (secondary N) is 1. The third kappa shape index (κ3) is 2.82.